The maximum Gasteiger partial charge on any atom is 0.143 e. The standard InChI is InChI=1S/C14H17ClO2/c1-2-14-12(7-8-17-14)13(16)9-10-3-5-11(15)6-4-10/h3-6,12,14H,2,7-9H2,1H3. The summed E-state index contributed by atoms with van der Waals surface area (Å²) in [6.45, 7) is 2.79. The molecule has 0 aliphatic carbocycles. The summed E-state index contributed by atoms with van der Waals surface area (Å²) in [5.74, 6) is 0.368. The van der Waals surface area contributed by atoms with Crippen molar-refractivity contribution < 1.29 is 9.53 Å². The summed E-state index contributed by atoms with van der Waals surface area (Å²) in [5, 5.41) is 0.705. The third kappa shape index (κ3) is 3.08. The van der Waals surface area contributed by atoms with Crippen molar-refractivity contribution in [2.75, 3.05) is 6.61 Å². The van der Waals surface area contributed by atoms with E-state index in [2.05, 4.69) is 6.92 Å². The fraction of sp³-hybridized carbons (Fsp3) is 0.500. The quantitative estimate of drug-likeness (QED) is 0.822. The third-order valence-electron chi connectivity index (χ3n) is 3.32. The molecule has 0 saturated carbocycles. The molecular weight excluding hydrogens is 236 g/mol. The smallest absolute Gasteiger partial charge is 0.143 e. The van der Waals surface area contributed by atoms with E-state index in [0.29, 0.717) is 11.4 Å². The van der Waals surface area contributed by atoms with E-state index in [1.54, 1.807) is 0 Å². The van der Waals surface area contributed by atoms with Gasteiger partial charge in [-0.15, -0.1) is 0 Å². The lowest BCUT2D eigenvalue weighted by Gasteiger charge is -2.15. The average Bonchev–Trinajstić information content (AvgIpc) is 2.80. The second kappa shape index (κ2) is 5.65. The number of hydrogen-bond donors (Lipinski definition) is 0. The Hall–Kier alpha value is -0.860. The Morgan fingerprint density at radius 2 is 2.12 bits per heavy atom. The molecule has 0 radical (unpaired) electrons. The van der Waals surface area contributed by atoms with Crippen molar-refractivity contribution in [3.05, 3.63) is 34.9 Å². The Bertz CT molecular complexity index is 386. The molecule has 2 atom stereocenters. The van der Waals surface area contributed by atoms with Crippen LogP contribution in [-0.2, 0) is 16.0 Å². The van der Waals surface area contributed by atoms with Crippen molar-refractivity contribution >= 4 is 17.4 Å². The van der Waals surface area contributed by atoms with Gasteiger partial charge in [0, 0.05) is 24.0 Å². The van der Waals surface area contributed by atoms with Gasteiger partial charge in [-0.2, -0.15) is 0 Å². The minimum absolute atomic E-state index is 0.0793. The van der Waals surface area contributed by atoms with Crippen LogP contribution in [-0.4, -0.2) is 18.5 Å². The van der Waals surface area contributed by atoms with Gasteiger partial charge in [0.05, 0.1) is 6.10 Å². The van der Waals surface area contributed by atoms with E-state index in [-0.39, 0.29) is 17.8 Å². The number of carbonyl (C=O) groups is 1. The largest absolute Gasteiger partial charge is 0.377 e. The summed E-state index contributed by atoms with van der Waals surface area (Å²) >= 11 is 5.82. The van der Waals surface area contributed by atoms with Crippen LogP contribution in [0.3, 0.4) is 0 Å². The molecular formula is C14H17ClO2. The maximum atomic E-state index is 12.2. The van der Waals surface area contributed by atoms with E-state index in [1.165, 1.54) is 0 Å². The predicted octanol–water partition coefficient (Wildman–Crippen LogP) is 3.27. The fourth-order valence-electron chi connectivity index (χ4n) is 2.35. The highest BCUT2D eigenvalue weighted by Gasteiger charge is 2.32. The molecule has 0 amide bonds. The van der Waals surface area contributed by atoms with Crippen LogP contribution in [0.2, 0.25) is 5.02 Å². The van der Waals surface area contributed by atoms with Crippen LogP contribution in [0.5, 0.6) is 0 Å². The minimum atomic E-state index is 0.0793. The maximum absolute atomic E-state index is 12.2. The molecule has 1 aromatic carbocycles. The molecule has 1 saturated heterocycles. The van der Waals surface area contributed by atoms with Crippen molar-refractivity contribution in [2.24, 2.45) is 5.92 Å². The van der Waals surface area contributed by atoms with Crippen LogP contribution in [0.15, 0.2) is 24.3 Å². The number of carbonyl (C=O) groups excluding carboxylic acids is 1. The molecule has 1 fully saturated rings. The van der Waals surface area contributed by atoms with Crippen LogP contribution in [0.1, 0.15) is 25.3 Å². The SMILES string of the molecule is CCC1OCCC1C(=O)Cc1ccc(Cl)cc1. The number of halogens is 1. The molecule has 17 heavy (non-hydrogen) atoms. The molecule has 0 N–H and O–H groups in total. The van der Waals surface area contributed by atoms with E-state index in [4.69, 9.17) is 16.3 Å². The zero-order valence-electron chi connectivity index (χ0n) is 9.99. The van der Waals surface area contributed by atoms with Gasteiger partial charge in [-0.25, -0.2) is 0 Å². The molecule has 0 spiro atoms. The molecule has 1 aliphatic rings. The zero-order chi connectivity index (χ0) is 12.3. The summed E-state index contributed by atoms with van der Waals surface area (Å²) in [5.41, 5.74) is 1.03. The first-order valence-corrected chi connectivity index (χ1v) is 6.47. The second-order valence-electron chi connectivity index (χ2n) is 4.48. The summed E-state index contributed by atoms with van der Waals surface area (Å²) < 4.78 is 5.55. The van der Waals surface area contributed by atoms with Gasteiger partial charge in [-0.3, -0.25) is 4.79 Å². The van der Waals surface area contributed by atoms with Gasteiger partial charge in [-0.1, -0.05) is 30.7 Å². The highest BCUT2D eigenvalue weighted by molar-refractivity contribution is 6.30. The van der Waals surface area contributed by atoms with Gasteiger partial charge in [0.2, 0.25) is 0 Å². The first-order chi connectivity index (χ1) is 8.20. The van der Waals surface area contributed by atoms with Gasteiger partial charge >= 0.3 is 0 Å². The Kier molecular flexibility index (Phi) is 4.19. The number of benzene rings is 1. The second-order valence-corrected chi connectivity index (χ2v) is 4.92. The van der Waals surface area contributed by atoms with Gasteiger partial charge < -0.3 is 4.74 Å². The molecule has 2 nitrogen and oxygen atoms in total. The van der Waals surface area contributed by atoms with Gasteiger partial charge in [0.25, 0.3) is 0 Å². The van der Waals surface area contributed by atoms with Crippen molar-refractivity contribution in [3.63, 3.8) is 0 Å². The summed E-state index contributed by atoms with van der Waals surface area (Å²) in [6, 6.07) is 7.48. The van der Waals surface area contributed by atoms with Crippen molar-refractivity contribution in [1.82, 2.24) is 0 Å². The number of Topliss-reactive ketones (excluding diaryl/α,β-unsaturated/α-hetero) is 1. The Labute approximate surface area is 107 Å². The Morgan fingerprint density at radius 3 is 2.76 bits per heavy atom. The lowest BCUT2D eigenvalue weighted by Crippen LogP contribution is -2.25. The normalized spacial score (nSPS) is 23.9. The number of hydrogen-bond acceptors (Lipinski definition) is 2. The van der Waals surface area contributed by atoms with E-state index in [1.807, 2.05) is 24.3 Å². The van der Waals surface area contributed by atoms with Crippen LogP contribution < -0.4 is 0 Å². The summed E-state index contributed by atoms with van der Waals surface area (Å²) in [6.07, 6.45) is 2.39. The topological polar surface area (TPSA) is 26.3 Å². The van der Waals surface area contributed by atoms with Crippen molar-refractivity contribution in [1.29, 1.82) is 0 Å². The highest BCUT2D eigenvalue weighted by atomic mass is 35.5. The molecule has 3 heteroatoms. The minimum Gasteiger partial charge on any atom is -0.377 e. The fourth-order valence-corrected chi connectivity index (χ4v) is 2.48. The highest BCUT2D eigenvalue weighted by Crippen LogP contribution is 2.25. The number of rotatable bonds is 4. The number of ether oxygens (including phenoxy) is 1. The molecule has 2 unspecified atom stereocenters. The average molecular weight is 253 g/mol. The lowest BCUT2D eigenvalue weighted by molar-refractivity contribution is -0.123. The molecule has 1 aromatic rings. The van der Waals surface area contributed by atoms with Crippen LogP contribution in [0, 0.1) is 5.92 Å². The first kappa shape index (κ1) is 12.6. The lowest BCUT2D eigenvalue weighted by atomic mass is 9.91. The predicted molar refractivity (Wildman–Crippen MR) is 68.3 cm³/mol. The van der Waals surface area contributed by atoms with Crippen LogP contribution in [0.4, 0.5) is 0 Å². The van der Waals surface area contributed by atoms with E-state index in [0.717, 1.165) is 25.0 Å². The Morgan fingerprint density at radius 1 is 1.41 bits per heavy atom. The van der Waals surface area contributed by atoms with Crippen molar-refractivity contribution in [2.45, 2.75) is 32.3 Å². The summed E-state index contributed by atoms with van der Waals surface area (Å²) in [4.78, 5) is 12.2. The molecule has 2 rings (SSSR count). The molecule has 0 aromatic heterocycles. The summed E-state index contributed by atoms with van der Waals surface area (Å²) in [7, 11) is 0. The van der Waals surface area contributed by atoms with Gasteiger partial charge in [-0.05, 0) is 30.5 Å². The van der Waals surface area contributed by atoms with Crippen LogP contribution in [0.25, 0.3) is 0 Å². The van der Waals surface area contributed by atoms with Gasteiger partial charge in [0.1, 0.15) is 5.78 Å². The van der Waals surface area contributed by atoms with Crippen LogP contribution >= 0.6 is 11.6 Å². The zero-order valence-corrected chi connectivity index (χ0v) is 10.7. The number of ketones is 1. The van der Waals surface area contributed by atoms with Crippen molar-refractivity contribution in [3.8, 4) is 0 Å². The van der Waals surface area contributed by atoms with E-state index < -0.39 is 0 Å². The third-order valence-corrected chi connectivity index (χ3v) is 3.57. The van der Waals surface area contributed by atoms with E-state index in [9.17, 15) is 4.79 Å². The molecule has 0 bridgehead atoms. The Balaban J connectivity index is 1.99. The monoisotopic (exact) mass is 252 g/mol. The van der Waals surface area contributed by atoms with E-state index >= 15 is 0 Å². The molecule has 92 valence electrons. The molecule has 1 aliphatic heterocycles. The van der Waals surface area contributed by atoms with Gasteiger partial charge in [0.15, 0.2) is 0 Å². The molecule has 1 heterocycles. The first-order valence-electron chi connectivity index (χ1n) is 6.09.